The second-order valence-corrected chi connectivity index (χ2v) is 27.0. The SMILES string of the molecule is CCCCCCCCC/C=C\CCCCCCCCCC(=O)OCCCCCCCCCCCCCCCCCCCCCCCCCCCCC(=O)NC(CO)C(O)CCCCCCCCCCCCCCCCCCCCCCCCC. The van der Waals surface area contributed by atoms with Crippen molar-refractivity contribution in [3.05, 3.63) is 12.2 Å². The molecule has 0 rings (SSSR count). The Morgan fingerprint density at radius 2 is 0.560 bits per heavy atom. The first kappa shape index (κ1) is 82.6. The summed E-state index contributed by atoms with van der Waals surface area (Å²) in [5, 5.41) is 23.5. The van der Waals surface area contributed by atoms with Gasteiger partial charge in [0, 0.05) is 12.8 Å². The highest BCUT2D eigenvalue weighted by Gasteiger charge is 2.20. The van der Waals surface area contributed by atoms with E-state index in [1.54, 1.807) is 0 Å². The number of ether oxygens (including phenoxy) is 1. The summed E-state index contributed by atoms with van der Waals surface area (Å²) < 4.78 is 5.51. The van der Waals surface area contributed by atoms with Gasteiger partial charge in [-0.25, -0.2) is 0 Å². The van der Waals surface area contributed by atoms with Crippen LogP contribution in [0.4, 0.5) is 0 Å². The Hall–Kier alpha value is -1.40. The predicted octanol–water partition coefficient (Wildman–Crippen LogP) is 25.5. The summed E-state index contributed by atoms with van der Waals surface area (Å²) in [6.07, 6.45) is 92.9. The molecule has 0 aromatic rings. The molecule has 0 heterocycles. The highest BCUT2D eigenvalue weighted by Crippen LogP contribution is 2.20. The Morgan fingerprint density at radius 1 is 0.321 bits per heavy atom. The first-order valence-corrected chi connectivity index (χ1v) is 38.9. The van der Waals surface area contributed by atoms with Crippen LogP contribution in [0.25, 0.3) is 0 Å². The van der Waals surface area contributed by atoms with Gasteiger partial charge in [0.1, 0.15) is 0 Å². The van der Waals surface area contributed by atoms with Crippen LogP contribution in [0.1, 0.15) is 450 Å². The number of allylic oxidation sites excluding steroid dienone is 2. The van der Waals surface area contributed by atoms with E-state index in [1.807, 2.05) is 0 Å². The fourth-order valence-corrected chi connectivity index (χ4v) is 12.6. The van der Waals surface area contributed by atoms with Crippen molar-refractivity contribution in [2.24, 2.45) is 0 Å². The summed E-state index contributed by atoms with van der Waals surface area (Å²) in [7, 11) is 0. The summed E-state index contributed by atoms with van der Waals surface area (Å²) in [5.41, 5.74) is 0. The van der Waals surface area contributed by atoms with Gasteiger partial charge < -0.3 is 20.3 Å². The number of aliphatic hydroxyl groups excluding tert-OH is 2. The number of hydrogen-bond acceptors (Lipinski definition) is 5. The lowest BCUT2D eigenvalue weighted by Gasteiger charge is -2.22. The van der Waals surface area contributed by atoms with Gasteiger partial charge in [0.05, 0.1) is 25.4 Å². The molecule has 0 aliphatic carbocycles. The van der Waals surface area contributed by atoms with Gasteiger partial charge in [0.15, 0.2) is 0 Å². The lowest BCUT2D eigenvalue weighted by Crippen LogP contribution is -2.45. The van der Waals surface area contributed by atoms with Crippen molar-refractivity contribution in [1.29, 1.82) is 0 Å². The van der Waals surface area contributed by atoms with E-state index in [2.05, 4.69) is 31.3 Å². The predicted molar refractivity (Wildman–Crippen MR) is 370 cm³/mol. The molecule has 84 heavy (non-hydrogen) atoms. The topological polar surface area (TPSA) is 95.9 Å². The van der Waals surface area contributed by atoms with Crippen molar-refractivity contribution in [3.8, 4) is 0 Å². The molecule has 0 aromatic heterocycles. The average molecular weight is 1190 g/mol. The van der Waals surface area contributed by atoms with Crippen molar-refractivity contribution >= 4 is 11.9 Å². The van der Waals surface area contributed by atoms with Crippen LogP contribution in [0, 0.1) is 0 Å². The third kappa shape index (κ3) is 69.7. The van der Waals surface area contributed by atoms with E-state index in [1.165, 1.54) is 372 Å². The van der Waals surface area contributed by atoms with E-state index in [9.17, 15) is 19.8 Å². The molecule has 0 aliphatic heterocycles. The van der Waals surface area contributed by atoms with Gasteiger partial charge in [-0.1, -0.05) is 398 Å². The van der Waals surface area contributed by atoms with Gasteiger partial charge >= 0.3 is 5.97 Å². The molecular weight excluding hydrogens is 1030 g/mol. The second-order valence-electron chi connectivity index (χ2n) is 27.0. The lowest BCUT2D eigenvalue weighted by atomic mass is 10.0. The number of unbranched alkanes of at least 4 members (excludes halogenated alkanes) is 61. The zero-order chi connectivity index (χ0) is 60.6. The van der Waals surface area contributed by atoms with Gasteiger partial charge in [-0.15, -0.1) is 0 Å². The van der Waals surface area contributed by atoms with E-state index in [4.69, 9.17) is 4.74 Å². The maximum Gasteiger partial charge on any atom is 0.305 e. The summed E-state index contributed by atoms with van der Waals surface area (Å²) in [4.78, 5) is 24.7. The first-order valence-electron chi connectivity index (χ1n) is 38.9. The lowest BCUT2D eigenvalue weighted by molar-refractivity contribution is -0.143. The molecule has 0 bridgehead atoms. The molecule has 500 valence electrons. The highest BCUT2D eigenvalue weighted by atomic mass is 16.5. The molecule has 0 radical (unpaired) electrons. The Kier molecular flexibility index (Phi) is 72.8. The molecule has 3 N–H and O–H groups in total. The van der Waals surface area contributed by atoms with Crippen LogP contribution >= 0.6 is 0 Å². The minimum atomic E-state index is -0.664. The maximum atomic E-state index is 12.6. The van der Waals surface area contributed by atoms with Crippen LogP contribution in [0.3, 0.4) is 0 Å². The van der Waals surface area contributed by atoms with E-state index >= 15 is 0 Å². The quantitative estimate of drug-likeness (QED) is 0.0320. The minimum Gasteiger partial charge on any atom is -0.466 e. The zero-order valence-electron chi connectivity index (χ0n) is 57.4. The summed E-state index contributed by atoms with van der Waals surface area (Å²) >= 11 is 0. The van der Waals surface area contributed by atoms with Crippen LogP contribution in [0.2, 0.25) is 0 Å². The van der Waals surface area contributed by atoms with Crippen molar-refractivity contribution in [2.75, 3.05) is 13.2 Å². The molecule has 2 atom stereocenters. The molecule has 0 saturated heterocycles. The molecule has 6 nitrogen and oxygen atoms in total. The number of aliphatic hydroxyl groups is 2. The number of esters is 1. The normalized spacial score (nSPS) is 12.5. The Bertz CT molecular complexity index is 1270. The van der Waals surface area contributed by atoms with Gasteiger partial charge in [-0.05, 0) is 51.4 Å². The smallest absolute Gasteiger partial charge is 0.305 e. The number of carbonyl (C=O) groups is 2. The average Bonchev–Trinajstić information content (AvgIpc) is 3.51. The van der Waals surface area contributed by atoms with Crippen molar-refractivity contribution < 1.29 is 24.5 Å². The molecule has 1 amide bonds. The fourth-order valence-electron chi connectivity index (χ4n) is 12.6. The highest BCUT2D eigenvalue weighted by molar-refractivity contribution is 5.76. The molecule has 2 unspecified atom stereocenters. The first-order chi connectivity index (χ1) is 41.5. The van der Waals surface area contributed by atoms with Crippen LogP contribution in [-0.4, -0.2) is 47.4 Å². The molecule has 0 saturated carbocycles. The minimum absolute atomic E-state index is 0.0159. The fraction of sp³-hybridized carbons (Fsp3) is 0.949. The van der Waals surface area contributed by atoms with Crippen molar-refractivity contribution in [2.45, 2.75) is 463 Å². The third-order valence-corrected chi connectivity index (χ3v) is 18.6. The molecule has 0 aromatic carbocycles. The summed E-state index contributed by atoms with van der Waals surface area (Å²) in [6, 6.07) is -0.541. The van der Waals surface area contributed by atoms with Gasteiger partial charge in [-0.2, -0.15) is 0 Å². The van der Waals surface area contributed by atoms with Crippen LogP contribution in [0.15, 0.2) is 12.2 Å². The van der Waals surface area contributed by atoms with E-state index in [0.29, 0.717) is 25.9 Å². The molecule has 0 spiro atoms. The number of amides is 1. The Morgan fingerprint density at radius 3 is 0.845 bits per heavy atom. The van der Waals surface area contributed by atoms with Gasteiger partial charge in [0.2, 0.25) is 5.91 Å². The monoisotopic (exact) mass is 1180 g/mol. The Labute approximate surface area is 527 Å². The number of hydrogen-bond donors (Lipinski definition) is 3. The van der Waals surface area contributed by atoms with Gasteiger partial charge in [0.25, 0.3) is 0 Å². The van der Waals surface area contributed by atoms with Gasteiger partial charge in [-0.3, -0.25) is 9.59 Å². The van der Waals surface area contributed by atoms with E-state index in [0.717, 1.165) is 44.9 Å². The molecule has 0 aliphatic rings. The Balaban J connectivity index is 3.34. The molecular formula is C78H153NO5. The van der Waals surface area contributed by atoms with E-state index < -0.39 is 12.1 Å². The number of nitrogens with one attached hydrogen (secondary N) is 1. The number of carbonyl (C=O) groups excluding carboxylic acids is 2. The molecule has 0 fully saturated rings. The zero-order valence-corrected chi connectivity index (χ0v) is 57.4. The summed E-state index contributed by atoms with van der Waals surface area (Å²) in [6.45, 7) is 5.01. The van der Waals surface area contributed by atoms with E-state index in [-0.39, 0.29) is 18.5 Å². The standard InChI is InChI=1S/C78H153NO5/c1-3-5-7-9-11-13-15-17-19-21-23-24-29-32-35-38-42-46-50-54-58-62-66-70-76(81)75(74-80)79-77(82)71-67-63-59-55-51-47-43-39-36-33-30-27-25-26-28-31-34-37-41-45-49-53-57-61-65-69-73-84-78(83)72-68-64-60-56-52-48-44-40-22-20-18-16-14-12-10-8-6-4-2/h20,22,75-76,80-81H,3-19,21,23-74H2,1-2H3,(H,79,82)/b22-20-. The maximum absolute atomic E-state index is 12.6. The second kappa shape index (κ2) is 74.1. The largest absolute Gasteiger partial charge is 0.466 e. The van der Waals surface area contributed by atoms with Crippen molar-refractivity contribution in [3.63, 3.8) is 0 Å². The summed E-state index contributed by atoms with van der Waals surface area (Å²) in [5.74, 6) is -0.0110. The number of rotatable bonds is 74. The van der Waals surface area contributed by atoms with Crippen LogP contribution in [0.5, 0.6) is 0 Å². The van der Waals surface area contributed by atoms with Crippen LogP contribution in [-0.2, 0) is 14.3 Å². The van der Waals surface area contributed by atoms with Crippen molar-refractivity contribution in [1.82, 2.24) is 5.32 Å². The van der Waals surface area contributed by atoms with Crippen LogP contribution < -0.4 is 5.32 Å². The molecule has 6 heteroatoms. The third-order valence-electron chi connectivity index (χ3n) is 18.6.